The molecule has 1 rings (SSSR count). The van der Waals surface area contributed by atoms with Crippen molar-refractivity contribution in [3.05, 3.63) is 29.0 Å². The van der Waals surface area contributed by atoms with Crippen molar-refractivity contribution >= 4 is 11.6 Å². The molecule has 1 N–H and O–H groups in total. The minimum Gasteiger partial charge on any atom is -0.264 e. The Morgan fingerprint density at radius 1 is 1.67 bits per heavy atom. The van der Waals surface area contributed by atoms with Crippen molar-refractivity contribution in [3.63, 3.8) is 0 Å². The second kappa shape index (κ2) is 2.80. The van der Waals surface area contributed by atoms with Gasteiger partial charge in [-0.25, -0.2) is 0 Å². The maximum atomic E-state index is 6.96. The molecule has 9 heavy (non-hydrogen) atoms. The van der Waals surface area contributed by atoms with E-state index in [1.54, 1.807) is 18.5 Å². The van der Waals surface area contributed by atoms with E-state index >= 15 is 0 Å². The molecule has 0 aliphatic carbocycles. The van der Waals surface area contributed by atoms with Gasteiger partial charge in [0.15, 0.2) is 0 Å². The van der Waals surface area contributed by atoms with Crippen LogP contribution in [0, 0.1) is 0 Å². The van der Waals surface area contributed by atoms with E-state index in [1.165, 1.54) is 0 Å². The highest BCUT2D eigenvalue weighted by Gasteiger charge is 1.93. The second-order valence-corrected chi connectivity index (χ2v) is 2.05. The van der Waals surface area contributed by atoms with Gasteiger partial charge in [-0.2, -0.15) is 0 Å². The first-order valence-electron chi connectivity index (χ1n) is 2.57. The third-order valence-corrected chi connectivity index (χ3v) is 1.40. The number of nitrogens with zero attached hydrogens (tertiary/aromatic N) is 1. The van der Waals surface area contributed by atoms with Crippen molar-refractivity contribution in [1.82, 2.24) is 10.7 Å². The number of hydrogen-bond donors (Lipinski definition) is 0. The molecule has 1 heterocycles. The summed E-state index contributed by atoms with van der Waals surface area (Å²) in [6.07, 6.45) is 3.22. The summed E-state index contributed by atoms with van der Waals surface area (Å²) < 4.78 is 0. The van der Waals surface area contributed by atoms with Gasteiger partial charge in [-0.15, -0.1) is 0 Å². The van der Waals surface area contributed by atoms with Crippen LogP contribution in [0.3, 0.4) is 0 Å². The fourth-order valence-corrected chi connectivity index (χ4v) is 0.712. The highest BCUT2D eigenvalue weighted by molar-refractivity contribution is 6.31. The van der Waals surface area contributed by atoms with E-state index in [2.05, 4.69) is 4.98 Å². The Bertz CT molecular complexity index is 200. The van der Waals surface area contributed by atoms with Crippen molar-refractivity contribution in [1.29, 1.82) is 0 Å². The summed E-state index contributed by atoms with van der Waals surface area (Å²) >= 11 is 5.66. The highest BCUT2D eigenvalue weighted by atomic mass is 35.5. The predicted molar refractivity (Wildman–Crippen MR) is 36.0 cm³/mol. The molecular weight excluding hydrogens is 136 g/mol. The van der Waals surface area contributed by atoms with Gasteiger partial charge in [-0.1, -0.05) is 11.6 Å². The van der Waals surface area contributed by atoms with E-state index in [1.807, 2.05) is 0 Å². The smallest absolute Gasteiger partial charge is 0.0482 e. The van der Waals surface area contributed by atoms with Gasteiger partial charge in [0, 0.05) is 29.5 Å². The van der Waals surface area contributed by atoms with E-state index in [4.69, 9.17) is 17.3 Å². The van der Waals surface area contributed by atoms with Crippen LogP contribution in [0.15, 0.2) is 18.5 Å². The molecule has 0 bridgehead atoms. The van der Waals surface area contributed by atoms with Gasteiger partial charge in [-0.05, 0) is 6.07 Å². The first kappa shape index (κ1) is 6.52. The Labute approximate surface area is 58.7 Å². The normalized spacial score (nSPS) is 9.56. The van der Waals surface area contributed by atoms with E-state index in [9.17, 15) is 0 Å². The Morgan fingerprint density at radius 3 is 2.89 bits per heavy atom. The molecule has 0 spiro atoms. The molecule has 0 aliphatic rings. The molecule has 0 unspecified atom stereocenters. The average Bonchev–Trinajstić information content (AvgIpc) is 1.89. The molecule has 3 heteroatoms. The zero-order valence-electron chi connectivity index (χ0n) is 4.76. The van der Waals surface area contributed by atoms with Crippen LogP contribution in [-0.2, 0) is 6.54 Å². The number of hydrogen-bond acceptors (Lipinski definition) is 1. The molecule has 0 atom stereocenters. The summed E-state index contributed by atoms with van der Waals surface area (Å²) in [7, 11) is 0. The van der Waals surface area contributed by atoms with Crippen LogP contribution < -0.4 is 5.73 Å². The van der Waals surface area contributed by atoms with Gasteiger partial charge in [-0.3, -0.25) is 10.7 Å². The minimum absolute atomic E-state index is 0.201. The van der Waals surface area contributed by atoms with Gasteiger partial charge in [0.1, 0.15) is 0 Å². The second-order valence-electron chi connectivity index (χ2n) is 1.64. The maximum absolute atomic E-state index is 6.96. The number of aromatic nitrogens is 1. The summed E-state index contributed by atoms with van der Waals surface area (Å²) in [6, 6.07) is 1.69. The van der Waals surface area contributed by atoms with Gasteiger partial charge < -0.3 is 0 Å². The fraction of sp³-hybridized carbons (Fsp3) is 0.167. The van der Waals surface area contributed by atoms with Gasteiger partial charge in [0.25, 0.3) is 0 Å². The van der Waals surface area contributed by atoms with Crippen molar-refractivity contribution in [2.24, 2.45) is 0 Å². The highest BCUT2D eigenvalue weighted by Crippen LogP contribution is 2.11. The summed E-state index contributed by atoms with van der Waals surface area (Å²) in [6.45, 7) is 0.201. The lowest BCUT2D eigenvalue weighted by molar-refractivity contribution is 1.01. The van der Waals surface area contributed by atoms with Crippen LogP contribution in [0.4, 0.5) is 0 Å². The van der Waals surface area contributed by atoms with Crippen molar-refractivity contribution in [2.75, 3.05) is 0 Å². The molecular formula is C6H6ClN2. The summed E-state index contributed by atoms with van der Waals surface area (Å²) in [5, 5.41) is 0.625. The number of halogens is 1. The van der Waals surface area contributed by atoms with E-state index in [0.717, 1.165) is 5.56 Å². The molecule has 47 valence electrons. The summed E-state index contributed by atoms with van der Waals surface area (Å²) in [5.41, 5.74) is 7.74. The lowest BCUT2D eigenvalue weighted by atomic mass is 10.3. The molecule has 0 aromatic carbocycles. The molecule has 1 aromatic heterocycles. The maximum Gasteiger partial charge on any atom is 0.0482 e. The lowest BCUT2D eigenvalue weighted by Gasteiger charge is -1.94. The summed E-state index contributed by atoms with van der Waals surface area (Å²) in [4.78, 5) is 3.81. The Morgan fingerprint density at radius 2 is 2.44 bits per heavy atom. The van der Waals surface area contributed by atoms with Crippen molar-refractivity contribution < 1.29 is 0 Å². The molecule has 0 aliphatic heterocycles. The third-order valence-electron chi connectivity index (χ3n) is 1.03. The fourth-order valence-electron chi connectivity index (χ4n) is 0.540. The van der Waals surface area contributed by atoms with Crippen LogP contribution in [0.2, 0.25) is 5.02 Å². The molecule has 0 amide bonds. The Kier molecular flexibility index (Phi) is 2.03. The summed E-state index contributed by atoms with van der Waals surface area (Å²) in [5.74, 6) is 0. The monoisotopic (exact) mass is 141 g/mol. The predicted octanol–water partition coefficient (Wildman–Crippen LogP) is 1.52. The first-order valence-corrected chi connectivity index (χ1v) is 2.95. The van der Waals surface area contributed by atoms with Gasteiger partial charge >= 0.3 is 0 Å². The average molecular weight is 142 g/mol. The lowest BCUT2D eigenvalue weighted by Crippen LogP contribution is -1.86. The van der Waals surface area contributed by atoms with Crippen LogP contribution in [0.25, 0.3) is 0 Å². The topological polar surface area (TPSA) is 36.7 Å². The van der Waals surface area contributed by atoms with Crippen LogP contribution in [0.5, 0.6) is 0 Å². The van der Waals surface area contributed by atoms with Crippen molar-refractivity contribution in [3.8, 4) is 0 Å². The third kappa shape index (κ3) is 1.40. The number of pyridine rings is 1. The molecule has 2 nitrogen and oxygen atoms in total. The van der Waals surface area contributed by atoms with E-state index in [0.29, 0.717) is 5.02 Å². The molecule has 1 aromatic rings. The zero-order chi connectivity index (χ0) is 6.69. The number of nitrogens with one attached hydrogen (secondary N) is 1. The van der Waals surface area contributed by atoms with Crippen LogP contribution in [-0.4, -0.2) is 4.98 Å². The van der Waals surface area contributed by atoms with Gasteiger partial charge in [0.05, 0.1) is 0 Å². The molecule has 1 radical (unpaired) electrons. The van der Waals surface area contributed by atoms with Crippen LogP contribution >= 0.6 is 11.6 Å². The van der Waals surface area contributed by atoms with Gasteiger partial charge in [0.2, 0.25) is 0 Å². The zero-order valence-corrected chi connectivity index (χ0v) is 5.52. The molecule has 0 saturated carbocycles. The van der Waals surface area contributed by atoms with E-state index in [-0.39, 0.29) is 6.54 Å². The molecule has 0 fully saturated rings. The van der Waals surface area contributed by atoms with Crippen molar-refractivity contribution in [2.45, 2.75) is 6.54 Å². The quantitative estimate of drug-likeness (QED) is 0.584. The van der Waals surface area contributed by atoms with E-state index < -0.39 is 0 Å². The molecule has 0 saturated heterocycles. The Hall–Kier alpha value is -0.600. The number of rotatable bonds is 1. The minimum atomic E-state index is 0.201. The standard InChI is InChI=1S/C6H6ClN2/c7-6-1-2-9-4-5(6)3-8/h1-2,4,8H,3H2. The van der Waals surface area contributed by atoms with Crippen LogP contribution in [0.1, 0.15) is 5.56 Å². The Balaban J connectivity index is 3.01. The first-order chi connectivity index (χ1) is 4.34. The SMILES string of the molecule is [NH]Cc1cnccc1Cl. The largest absolute Gasteiger partial charge is 0.264 e.